The van der Waals surface area contributed by atoms with Crippen LogP contribution in [0.5, 0.6) is 5.88 Å². The molecule has 3 rings (SSSR count). The minimum atomic E-state index is 0.403. The van der Waals surface area contributed by atoms with Gasteiger partial charge in [0.05, 0.1) is 18.3 Å². The minimum Gasteiger partial charge on any atom is -0.479 e. The molecule has 0 spiro atoms. The Morgan fingerprint density at radius 3 is 2.45 bits per heavy atom. The molecule has 0 saturated carbocycles. The van der Waals surface area contributed by atoms with Crippen molar-refractivity contribution in [3.05, 3.63) is 42.7 Å². The number of hydrogen-bond donors (Lipinski definition) is 1. The van der Waals surface area contributed by atoms with Crippen molar-refractivity contribution in [1.82, 2.24) is 15.0 Å². The molecule has 2 aromatic heterocycles. The van der Waals surface area contributed by atoms with Gasteiger partial charge in [0.1, 0.15) is 0 Å². The van der Waals surface area contributed by atoms with Crippen molar-refractivity contribution in [3.63, 3.8) is 0 Å². The number of nitrogens with one attached hydrogen (secondary N) is 1. The van der Waals surface area contributed by atoms with E-state index in [9.17, 15) is 0 Å². The molecule has 2 heterocycles. The molecule has 0 amide bonds. The number of benzene rings is 1. The highest BCUT2D eigenvalue weighted by atomic mass is 16.5. The Kier molecular flexibility index (Phi) is 3.87. The zero-order valence-corrected chi connectivity index (χ0v) is 12.9. The third kappa shape index (κ3) is 2.83. The molecule has 5 heteroatoms. The van der Waals surface area contributed by atoms with E-state index in [4.69, 9.17) is 4.74 Å². The van der Waals surface area contributed by atoms with Crippen LogP contribution in [-0.2, 0) is 0 Å². The van der Waals surface area contributed by atoms with E-state index in [-0.39, 0.29) is 0 Å². The molecule has 3 aromatic rings. The highest BCUT2D eigenvalue weighted by Gasteiger charge is 2.10. The van der Waals surface area contributed by atoms with Gasteiger partial charge in [-0.15, -0.1) is 0 Å². The summed E-state index contributed by atoms with van der Waals surface area (Å²) in [6.45, 7) is 4.23. The second kappa shape index (κ2) is 5.97. The Morgan fingerprint density at radius 1 is 1.05 bits per heavy atom. The van der Waals surface area contributed by atoms with Crippen LogP contribution < -0.4 is 10.1 Å². The fourth-order valence-electron chi connectivity index (χ4n) is 2.30. The summed E-state index contributed by atoms with van der Waals surface area (Å²) in [5.41, 5.74) is 4.37. The molecule has 0 aliphatic heterocycles. The van der Waals surface area contributed by atoms with Gasteiger partial charge in [0.2, 0.25) is 5.88 Å². The van der Waals surface area contributed by atoms with E-state index >= 15 is 0 Å². The van der Waals surface area contributed by atoms with E-state index in [1.165, 1.54) is 0 Å². The summed E-state index contributed by atoms with van der Waals surface area (Å²) in [6.07, 6.45) is 3.31. The van der Waals surface area contributed by atoms with Gasteiger partial charge in [0, 0.05) is 29.7 Å². The van der Waals surface area contributed by atoms with Gasteiger partial charge in [-0.05, 0) is 32.0 Å². The average Bonchev–Trinajstić information content (AvgIpc) is 2.54. The standard InChI is InChI=1S/C17H18N4O/c1-11(2)20-13-6-4-12(5-7-13)14-10-15-16(17(21-14)22-3)19-9-8-18-15/h4-11,20H,1-3H3. The number of methoxy groups -OCH3 is 1. The number of pyridine rings is 1. The van der Waals surface area contributed by atoms with Crippen molar-refractivity contribution in [1.29, 1.82) is 0 Å². The predicted molar refractivity (Wildman–Crippen MR) is 88.1 cm³/mol. The molecule has 1 N–H and O–H groups in total. The zero-order chi connectivity index (χ0) is 15.5. The van der Waals surface area contributed by atoms with Crippen molar-refractivity contribution in [2.75, 3.05) is 12.4 Å². The van der Waals surface area contributed by atoms with Gasteiger partial charge in [0.15, 0.2) is 5.52 Å². The lowest BCUT2D eigenvalue weighted by Crippen LogP contribution is -2.09. The Bertz CT molecular complexity index is 784. The third-order valence-corrected chi connectivity index (χ3v) is 3.25. The van der Waals surface area contributed by atoms with Gasteiger partial charge in [-0.3, -0.25) is 4.98 Å². The number of anilines is 1. The van der Waals surface area contributed by atoms with Gasteiger partial charge >= 0.3 is 0 Å². The highest BCUT2D eigenvalue weighted by molar-refractivity contribution is 5.83. The van der Waals surface area contributed by atoms with Crippen LogP contribution >= 0.6 is 0 Å². The average molecular weight is 294 g/mol. The van der Waals surface area contributed by atoms with Gasteiger partial charge < -0.3 is 10.1 Å². The van der Waals surface area contributed by atoms with Crippen LogP contribution in [0.15, 0.2) is 42.7 Å². The second-order valence-electron chi connectivity index (χ2n) is 5.32. The largest absolute Gasteiger partial charge is 0.479 e. The molecule has 0 atom stereocenters. The van der Waals surface area contributed by atoms with Crippen LogP contribution in [0.3, 0.4) is 0 Å². The quantitative estimate of drug-likeness (QED) is 0.797. The first-order chi connectivity index (χ1) is 10.7. The van der Waals surface area contributed by atoms with E-state index in [0.717, 1.165) is 22.5 Å². The Morgan fingerprint density at radius 2 is 1.77 bits per heavy atom. The summed E-state index contributed by atoms with van der Waals surface area (Å²) in [5.74, 6) is 0.491. The summed E-state index contributed by atoms with van der Waals surface area (Å²) in [4.78, 5) is 13.1. The maximum absolute atomic E-state index is 5.34. The van der Waals surface area contributed by atoms with Crippen molar-refractivity contribution < 1.29 is 4.74 Å². The SMILES string of the molecule is COc1nc(-c2ccc(NC(C)C)cc2)cc2nccnc12. The molecular weight excluding hydrogens is 276 g/mol. The number of rotatable bonds is 4. The lowest BCUT2D eigenvalue weighted by atomic mass is 10.1. The maximum atomic E-state index is 5.34. The van der Waals surface area contributed by atoms with Crippen molar-refractivity contribution >= 4 is 16.7 Å². The predicted octanol–water partition coefficient (Wildman–Crippen LogP) is 3.52. The fourth-order valence-corrected chi connectivity index (χ4v) is 2.30. The second-order valence-corrected chi connectivity index (χ2v) is 5.32. The minimum absolute atomic E-state index is 0.403. The van der Waals surface area contributed by atoms with Gasteiger partial charge in [0.25, 0.3) is 0 Å². The summed E-state index contributed by atoms with van der Waals surface area (Å²) < 4.78 is 5.34. The van der Waals surface area contributed by atoms with E-state index in [1.54, 1.807) is 19.5 Å². The molecule has 0 bridgehead atoms. The highest BCUT2D eigenvalue weighted by Crippen LogP contribution is 2.27. The number of nitrogens with zero attached hydrogens (tertiary/aromatic N) is 3. The molecule has 22 heavy (non-hydrogen) atoms. The fraction of sp³-hybridized carbons (Fsp3) is 0.235. The molecule has 0 aliphatic rings. The summed E-state index contributed by atoms with van der Waals surface area (Å²) in [7, 11) is 1.59. The van der Waals surface area contributed by atoms with Crippen molar-refractivity contribution in [2.24, 2.45) is 0 Å². The van der Waals surface area contributed by atoms with Crippen LogP contribution in [0, 0.1) is 0 Å². The van der Waals surface area contributed by atoms with E-state index in [1.807, 2.05) is 30.3 Å². The molecule has 5 nitrogen and oxygen atoms in total. The molecule has 0 saturated heterocycles. The van der Waals surface area contributed by atoms with Gasteiger partial charge in [-0.1, -0.05) is 12.1 Å². The summed E-state index contributed by atoms with van der Waals surface area (Å²) in [6, 6.07) is 10.5. The maximum Gasteiger partial charge on any atom is 0.242 e. The monoisotopic (exact) mass is 294 g/mol. The lowest BCUT2D eigenvalue weighted by molar-refractivity contribution is 0.403. The van der Waals surface area contributed by atoms with Crippen LogP contribution in [0.1, 0.15) is 13.8 Å². The van der Waals surface area contributed by atoms with Crippen LogP contribution in [0.25, 0.3) is 22.3 Å². The van der Waals surface area contributed by atoms with Crippen molar-refractivity contribution in [3.8, 4) is 17.1 Å². The number of fused-ring (bicyclic) bond motifs is 1. The number of aromatic nitrogens is 3. The molecular formula is C17H18N4O. The Labute approximate surface area is 129 Å². The zero-order valence-electron chi connectivity index (χ0n) is 12.9. The Balaban J connectivity index is 2.02. The molecule has 0 aliphatic carbocycles. The first-order valence-corrected chi connectivity index (χ1v) is 7.20. The van der Waals surface area contributed by atoms with Gasteiger partial charge in [-0.2, -0.15) is 0 Å². The molecule has 0 unspecified atom stereocenters. The first kappa shape index (κ1) is 14.3. The van der Waals surface area contributed by atoms with E-state index in [0.29, 0.717) is 17.4 Å². The van der Waals surface area contributed by atoms with Gasteiger partial charge in [-0.25, -0.2) is 9.97 Å². The number of hydrogen-bond acceptors (Lipinski definition) is 5. The lowest BCUT2D eigenvalue weighted by Gasteiger charge is -2.11. The normalized spacial score (nSPS) is 10.9. The topological polar surface area (TPSA) is 59.9 Å². The molecule has 1 aromatic carbocycles. The third-order valence-electron chi connectivity index (χ3n) is 3.25. The smallest absolute Gasteiger partial charge is 0.242 e. The van der Waals surface area contributed by atoms with Crippen LogP contribution in [0.2, 0.25) is 0 Å². The van der Waals surface area contributed by atoms with E-state index in [2.05, 4.69) is 34.1 Å². The molecule has 0 fully saturated rings. The summed E-state index contributed by atoms with van der Waals surface area (Å²) in [5, 5.41) is 3.37. The van der Waals surface area contributed by atoms with Crippen molar-refractivity contribution in [2.45, 2.75) is 19.9 Å². The Hall–Kier alpha value is -2.69. The molecule has 0 radical (unpaired) electrons. The summed E-state index contributed by atoms with van der Waals surface area (Å²) >= 11 is 0. The number of ether oxygens (including phenoxy) is 1. The molecule has 112 valence electrons. The van der Waals surface area contributed by atoms with Crippen LogP contribution in [-0.4, -0.2) is 28.1 Å². The van der Waals surface area contributed by atoms with E-state index < -0.39 is 0 Å². The first-order valence-electron chi connectivity index (χ1n) is 7.20. The van der Waals surface area contributed by atoms with Crippen LogP contribution in [0.4, 0.5) is 5.69 Å².